The van der Waals surface area contributed by atoms with Crippen molar-refractivity contribution >= 4 is 17.1 Å². The van der Waals surface area contributed by atoms with E-state index >= 15 is 0 Å². The summed E-state index contributed by atoms with van der Waals surface area (Å²) in [5.74, 6) is 0. The van der Waals surface area contributed by atoms with Gasteiger partial charge in [0.15, 0.2) is 0 Å². The van der Waals surface area contributed by atoms with Crippen LogP contribution in [0.2, 0.25) is 0 Å². The first-order chi connectivity index (χ1) is 2.41. The predicted octanol–water partition coefficient (Wildman–Crippen LogP) is 0.424. The van der Waals surface area contributed by atoms with Crippen molar-refractivity contribution in [3.05, 3.63) is 0 Å². The van der Waals surface area contributed by atoms with E-state index in [-0.39, 0.29) is 0 Å². The Morgan fingerprint density at radius 1 is 1.80 bits per heavy atom. The molecule has 0 heterocycles. The maximum atomic E-state index is 8.68. The molecule has 1 nitrogen and oxygen atoms in total. The van der Waals surface area contributed by atoms with Gasteiger partial charge in [0.1, 0.15) is 0 Å². The summed E-state index contributed by atoms with van der Waals surface area (Å²) in [7, 11) is 3.15. The van der Waals surface area contributed by atoms with Gasteiger partial charge >= 0.3 is 39.1 Å². The van der Waals surface area contributed by atoms with Crippen molar-refractivity contribution in [2.45, 2.75) is 6.92 Å². The topological polar surface area (TPSA) is 17.1 Å². The van der Waals surface area contributed by atoms with Gasteiger partial charge in [-0.2, -0.15) is 6.92 Å². The van der Waals surface area contributed by atoms with Crippen LogP contribution in [-0.4, -0.2) is 6.29 Å². The number of hydrogen-bond donors (Lipinski definition) is 0. The molecule has 0 fully saturated rings. The first-order valence-corrected chi connectivity index (χ1v) is 12.3. The molecule has 0 aromatic carbocycles. The molecule has 0 saturated carbocycles. The van der Waals surface area contributed by atoms with Gasteiger partial charge in [0.05, 0.1) is 0 Å². The summed E-state index contributed by atoms with van der Waals surface area (Å²) in [5.41, 5.74) is 0. The van der Waals surface area contributed by atoms with E-state index in [1.54, 1.807) is 0 Å². The van der Waals surface area contributed by atoms with Gasteiger partial charge in [0, 0.05) is 0 Å². The third-order valence-electron chi connectivity index (χ3n) is 0. The monoisotopic (exact) mass is 213 g/mol. The molecule has 0 aromatic heterocycles. The van der Waals surface area contributed by atoms with Crippen LogP contribution in [0.1, 0.15) is 6.92 Å². The van der Waals surface area contributed by atoms with Gasteiger partial charge in [-0.15, -0.1) is 0 Å². The maximum absolute atomic E-state index is 8.68. The Bertz CT molecular complexity index is 17.1. The average molecular weight is 214 g/mol. The van der Waals surface area contributed by atoms with Crippen LogP contribution in [0, 0.1) is 0 Å². The number of carbonyl (C=O) groups excluding carboxylic acids is 1. The van der Waals surface area contributed by atoms with Gasteiger partial charge in [0.2, 0.25) is 0 Å². The molecule has 0 unspecified atom stereocenters. The van der Waals surface area contributed by atoms with Gasteiger partial charge in [-0.3, -0.25) is 6.29 Å². The van der Waals surface area contributed by atoms with Crippen LogP contribution < -0.4 is 0 Å². The zero-order valence-corrected chi connectivity index (χ0v) is 9.79. The summed E-state index contributed by atoms with van der Waals surface area (Å²) in [5, 5.41) is 0. The summed E-state index contributed by atoms with van der Waals surface area (Å²) in [4.78, 5) is 8.68. The Kier molecular flexibility index (Phi) is 35.7. The summed E-state index contributed by atoms with van der Waals surface area (Å²) < 4.78 is 0. The minimum atomic E-state index is 0.762. The second-order valence-corrected chi connectivity index (χ2v) is 0.204. The van der Waals surface area contributed by atoms with Crippen LogP contribution in [0.3, 0.4) is 0 Å². The zero-order valence-electron chi connectivity index (χ0n) is 3.29. The number of hydrogen-bond acceptors (Lipinski definition) is 1. The molecule has 0 spiro atoms. The molecule has 0 bridgehead atoms. The fourth-order valence-corrected chi connectivity index (χ4v) is 0. The van der Waals surface area contributed by atoms with Crippen LogP contribution >= 0.6 is 10.8 Å². The summed E-state index contributed by atoms with van der Waals surface area (Å²) >= 11 is 0.762. The van der Waals surface area contributed by atoms with Crippen molar-refractivity contribution in [2.24, 2.45) is 0 Å². The predicted molar refractivity (Wildman–Crippen MR) is 23.1 cm³/mol. The van der Waals surface area contributed by atoms with Crippen molar-refractivity contribution in [1.82, 2.24) is 0 Å². The molecule has 0 amide bonds. The standard InChI is InChI=1S/C2H3O.BrH.Y.2H/c1-2-3;;;;/h1H3;1H;;;/q-1;;+1;;/p-1. The van der Waals surface area contributed by atoms with Crippen LogP contribution in [-0.2, 0) is 33.1 Å². The van der Waals surface area contributed by atoms with Gasteiger partial charge in [-0.1, -0.05) is 0 Å². The molecule has 3 heteroatoms. The molecule has 30 valence electrons. The number of halogens is 1. The van der Waals surface area contributed by atoms with E-state index in [1.807, 2.05) is 0 Å². The fourth-order valence-electron chi connectivity index (χ4n) is 0. The Hall–Kier alpha value is 1.25. The van der Waals surface area contributed by atoms with Crippen LogP contribution in [0.5, 0.6) is 0 Å². The van der Waals surface area contributed by atoms with Gasteiger partial charge in [-0.25, -0.2) is 0 Å². The third kappa shape index (κ3) is 35.4. The van der Waals surface area contributed by atoms with E-state index in [9.17, 15) is 0 Å². The van der Waals surface area contributed by atoms with Crippen molar-refractivity contribution < 1.29 is 33.1 Å². The fraction of sp³-hybridized carbons (Fsp3) is 0.500. The van der Waals surface area contributed by atoms with Crippen LogP contribution in [0.15, 0.2) is 0 Å². The SMILES string of the molecule is C[C-]=O.[Br][YH2]. The molecule has 5 heavy (non-hydrogen) atoms. The Morgan fingerprint density at radius 3 is 1.80 bits per heavy atom. The molecule has 0 saturated heterocycles. The summed E-state index contributed by atoms with van der Waals surface area (Å²) in [6.45, 7) is 1.32. The van der Waals surface area contributed by atoms with E-state index in [4.69, 9.17) is 4.79 Å². The van der Waals surface area contributed by atoms with Crippen molar-refractivity contribution in [2.75, 3.05) is 0 Å². The Balaban J connectivity index is 0. The minimum absolute atomic E-state index is 0.762. The first-order valence-electron chi connectivity index (χ1n) is 1.08. The second-order valence-electron chi connectivity index (χ2n) is 0.204. The van der Waals surface area contributed by atoms with Crippen molar-refractivity contribution in [3.8, 4) is 0 Å². The molecule has 0 aliphatic heterocycles. The van der Waals surface area contributed by atoms with Gasteiger partial charge in [-0.05, 0) is 0 Å². The zero-order chi connectivity index (χ0) is 4.71. The van der Waals surface area contributed by atoms with Gasteiger partial charge in [0.25, 0.3) is 0 Å². The van der Waals surface area contributed by atoms with E-state index in [2.05, 4.69) is 10.8 Å². The van der Waals surface area contributed by atoms with E-state index in [0.717, 1.165) is 28.3 Å². The Morgan fingerprint density at radius 2 is 1.80 bits per heavy atom. The van der Waals surface area contributed by atoms with E-state index < -0.39 is 0 Å². The number of rotatable bonds is 0. The average Bonchev–Trinajstić information content (AvgIpc) is 1.46. The Labute approximate surface area is 56.5 Å². The quantitative estimate of drug-likeness (QED) is 0.534. The molecule has 0 radical (unpaired) electrons. The molecule has 0 aromatic rings. The first kappa shape index (κ1) is 9.54. The molecular formula is C2H5BrOY-. The van der Waals surface area contributed by atoms with E-state index in [1.165, 1.54) is 13.2 Å². The second kappa shape index (κ2) is 18.7. The molecule has 0 rings (SSSR count). The summed E-state index contributed by atoms with van der Waals surface area (Å²) in [6.07, 6.45) is 1.50. The molecule has 0 atom stereocenters. The molecule has 0 aliphatic rings. The summed E-state index contributed by atoms with van der Waals surface area (Å²) in [6, 6.07) is 0. The normalized spacial score (nSPS) is 3.60. The molecular weight excluding hydrogens is 209 g/mol. The van der Waals surface area contributed by atoms with Crippen LogP contribution in [0.4, 0.5) is 0 Å². The third-order valence-corrected chi connectivity index (χ3v) is 0. The van der Waals surface area contributed by atoms with E-state index in [0.29, 0.717) is 0 Å². The molecule has 0 N–H and O–H groups in total. The van der Waals surface area contributed by atoms with Crippen molar-refractivity contribution in [1.29, 1.82) is 0 Å². The van der Waals surface area contributed by atoms with Crippen molar-refractivity contribution in [3.63, 3.8) is 0 Å². The van der Waals surface area contributed by atoms with Gasteiger partial charge < -0.3 is 4.79 Å². The van der Waals surface area contributed by atoms with Crippen LogP contribution in [0.25, 0.3) is 0 Å². The molecule has 0 aliphatic carbocycles.